The second-order valence-electron chi connectivity index (χ2n) is 5.09. The van der Waals surface area contributed by atoms with E-state index in [4.69, 9.17) is 5.73 Å². The first-order valence-corrected chi connectivity index (χ1v) is 6.24. The number of rotatable bonds is 3. The highest BCUT2D eigenvalue weighted by Gasteiger charge is 2.21. The normalized spacial score (nSPS) is 21.9. The number of nitrogen functional groups attached to an aromatic ring is 1. The fourth-order valence-corrected chi connectivity index (χ4v) is 2.38. The molecule has 1 unspecified atom stereocenters. The van der Waals surface area contributed by atoms with Crippen molar-refractivity contribution in [2.75, 3.05) is 32.9 Å². The van der Waals surface area contributed by atoms with E-state index in [1.807, 2.05) is 12.3 Å². The van der Waals surface area contributed by atoms with Gasteiger partial charge in [0.2, 0.25) is 0 Å². The van der Waals surface area contributed by atoms with Crippen LogP contribution in [0.15, 0.2) is 18.3 Å². The predicted molar refractivity (Wildman–Crippen MR) is 70.6 cm³/mol. The quantitative estimate of drug-likeness (QED) is 0.853. The van der Waals surface area contributed by atoms with Crippen molar-refractivity contribution in [1.29, 1.82) is 0 Å². The summed E-state index contributed by atoms with van der Waals surface area (Å²) in [7, 11) is 4.33. The molecule has 0 amide bonds. The van der Waals surface area contributed by atoms with Gasteiger partial charge in [0.05, 0.1) is 0 Å². The fraction of sp³-hybridized carbons (Fsp3) is 0.615. The van der Waals surface area contributed by atoms with Crippen LogP contribution in [-0.2, 0) is 6.54 Å². The van der Waals surface area contributed by atoms with Crippen molar-refractivity contribution < 1.29 is 0 Å². The molecule has 2 rings (SSSR count). The Morgan fingerprint density at radius 1 is 1.47 bits per heavy atom. The molecule has 94 valence electrons. The third kappa shape index (κ3) is 3.41. The molecule has 2 heterocycles. The summed E-state index contributed by atoms with van der Waals surface area (Å²) in [5.74, 6) is 0.596. The molecule has 0 spiro atoms. The van der Waals surface area contributed by atoms with Gasteiger partial charge in [-0.25, -0.2) is 4.98 Å². The third-order valence-electron chi connectivity index (χ3n) is 3.46. The van der Waals surface area contributed by atoms with E-state index in [1.54, 1.807) is 0 Å². The van der Waals surface area contributed by atoms with Crippen molar-refractivity contribution >= 4 is 5.82 Å². The van der Waals surface area contributed by atoms with Crippen molar-refractivity contribution in [2.24, 2.45) is 0 Å². The summed E-state index contributed by atoms with van der Waals surface area (Å²) >= 11 is 0. The monoisotopic (exact) mass is 234 g/mol. The van der Waals surface area contributed by atoms with Crippen LogP contribution < -0.4 is 5.73 Å². The lowest BCUT2D eigenvalue weighted by atomic mass is 10.0. The number of pyridine rings is 1. The molecule has 4 heteroatoms. The minimum atomic E-state index is 0.596. The second kappa shape index (κ2) is 5.47. The van der Waals surface area contributed by atoms with Crippen LogP contribution in [-0.4, -0.2) is 48.0 Å². The molecule has 1 fully saturated rings. The van der Waals surface area contributed by atoms with Crippen molar-refractivity contribution in [3.05, 3.63) is 23.9 Å². The van der Waals surface area contributed by atoms with Gasteiger partial charge >= 0.3 is 0 Å². The maximum absolute atomic E-state index is 5.59. The average molecular weight is 234 g/mol. The number of nitrogens with zero attached hydrogens (tertiary/aromatic N) is 3. The van der Waals surface area contributed by atoms with E-state index in [-0.39, 0.29) is 0 Å². The molecular formula is C13H22N4. The van der Waals surface area contributed by atoms with E-state index in [1.165, 1.54) is 24.9 Å². The third-order valence-corrected chi connectivity index (χ3v) is 3.46. The van der Waals surface area contributed by atoms with Crippen LogP contribution in [0.4, 0.5) is 5.82 Å². The molecule has 1 aliphatic rings. The molecule has 0 radical (unpaired) electrons. The zero-order valence-corrected chi connectivity index (χ0v) is 10.8. The molecule has 1 atom stereocenters. The summed E-state index contributed by atoms with van der Waals surface area (Å²) in [6.45, 7) is 3.32. The van der Waals surface area contributed by atoms with Crippen LogP contribution >= 0.6 is 0 Å². The van der Waals surface area contributed by atoms with Crippen LogP contribution in [0, 0.1) is 0 Å². The first-order chi connectivity index (χ1) is 8.15. The molecular weight excluding hydrogens is 212 g/mol. The van der Waals surface area contributed by atoms with E-state index in [0.717, 1.165) is 13.1 Å². The molecule has 1 aromatic heterocycles. The zero-order valence-electron chi connectivity index (χ0n) is 10.8. The van der Waals surface area contributed by atoms with Crippen LogP contribution in [0.25, 0.3) is 0 Å². The first-order valence-electron chi connectivity index (χ1n) is 6.24. The molecule has 0 aromatic carbocycles. The SMILES string of the molecule is CN(C)C1CCCN(Cc2ccc(N)nc2)C1. The summed E-state index contributed by atoms with van der Waals surface area (Å²) in [6, 6.07) is 4.63. The number of likely N-dealkylation sites (tertiary alicyclic amines) is 1. The maximum atomic E-state index is 5.59. The van der Waals surface area contributed by atoms with Gasteiger partial charge in [-0.3, -0.25) is 4.90 Å². The van der Waals surface area contributed by atoms with Crippen molar-refractivity contribution in [1.82, 2.24) is 14.8 Å². The van der Waals surface area contributed by atoms with E-state index >= 15 is 0 Å². The smallest absolute Gasteiger partial charge is 0.123 e. The van der Waals surface area contributed by atoms with E-state index in [2.05, 4.69) is 34.9 Å². The van der Waals surface area contributed by atoms with E-state index in [0.29, 0.717) is 11.9 Å². The minimum absolute atomic E-state index is 0.596. The summed E-state index contributed by atoms with van der Waals surface area (Å²) in [5, 5.41) is 0. The van der Waals surface area contributed by atoms with Crippen LogP contribution in [0.1, 0.15) is 18.4 Å². The van der Waals surface area contributed by atoms with Gasteiger partial charge in [0, 0.05) is 25.3 Å². The Hall–Kier alpha value is -1.13. The maximum Gasteiger partial charge on any atom is 0.123 e. The standard InChI is InChI=1S/C13H22N4/c1-16(2)12-4-3-7-17(10-12)9-11-5-6-13(14)15-8-11/h5-6,8,12H,3-4,7,9-10H2,1-2H3,(H2,14,15). The minimum Gasteiger partial charge on any atom is -0.384 e. The van der Waals surface area contributed by atoms with Gasteiger partial charge in [0.25, 0.3) is 0 Å². The lowest BCUT2D eigenvalue weighted by Gasteiger charge is -2.36. The predicted octanol–water partition coefficient (Wildman–Crippen LogP) is 1.19. The zero-order chi connectivity index (χ0) is 12.3. The Bertz CT molecular complexity index is 347. The molecule has 17 heavy (non-hydrogen) atoms. The Morgan fingerprint density at radius 3 is 2.94 bits per heavy atom. The summed E-state index contributed by atoms with van der Waals surface area (Å²) in [6.07, 6.45) is 4.48. The number of anilines is 1. The van der Waals surface area contributed by atoms with Crippen LogP contribution in [0.2, 0.25) is 0 Å². The molecule has 1 saturated heterocycles. The lowest BCUT2D eigenvalue weighted by molar-refractivity contribution is 0.128. The van der Waals surface area contributed by atoms with Gasteiger partial charge in [0.1, 0.15) is 5.82 Å². The summed E-state index contributed by atoms with van der Waals surface area (Å²) in [4.78, 5) is 8.97. The average Bonchev–Trinajstić information content (AvgIpc) is 2.32. The van der Waals surface area contributed by atoms with Crippen LogP contribution in [0.5, 0.6) is 0 Å². The molecule has 0 bridgehead atoms. The van der Waals surface area contributed by atoms with Crippen molar-refractivity contribution in [3.63, 3.8) is 0 Å². The van der Waals surface area contributed by atoms with Gasteiger partial charge in [-0.1, -0.05) is 6.07 Å². The first kappa shape index (κ1) is 12.3. The largest absolute Gasteiger partial charge is 0.384 e. The van der Waals surface area contributed by atoms with Crippen molar-refractivity contribution in [2.45, 2.75) is 25.4 Å². The second-order valence-corrected chi connectivity index (χ2v) is 5.09. The van der Waals surface area contributed by atoms with Gasteiger partial charge in [0.15, 0.2) is 0 Å². The Kier molecular flexibility index (Phi) is 3.97. The highest BCUT2D eigenvalue weighted by molar-refractivity contribution is 5.29. The van der Waals surface area contributed by atoms with Gasteiger partial charge in [-0.15, -0.1) is 0 Å². The molecule has 1 aliphatic heterocycles. The van der Waals surface area contributed by atoms with Crippen molar-refractivity contribution in [3.8, 4) is 0 Å². The molecule has 0 saturated carbocycles. The van der Waals surface area contributed by atoms with Crippen LogP contribution in [0.3, 0.4) is 0 Å². The molecule has 1 aromatic rings. The number of likely N-dealkylation sites (N-methyl/N-ethyl adjacent to an activating group) is 1. The topological polar surface area (TPSA) is 45.4 Å². The summed E-state index contributed by atoms with van der Waals surface area (Å²) in [5.41, 5.74) is 6.84. The summed E-state index contributed by atoms with van der Waals surface area (Å²) < 4.78 is 0. The number of hydrogen-bond donors (Lipinski definition) is 1. The Morgan fingerprint density at radius 2 is 2.29 bits per heavy atom. The Balaban J connectivity index is 1.92. The van der Waals surface area contributed by atoms with Gasteiger partial charge in [-0.2, -0.15) is 0 Å². The van der Waals surface area contributed by atoms with Gasteiger partial charge < -0.3 is 10.6 Å². The number of hydrogen-bond acceptors (Lipinski definition) is 4. The molecule has 4 nitrogen and oxygen atoms in total. The highest BCUT2D eigenvalue weighted by atomic mass is 15.2. The number of nitrogens with two attached hydrogens (primary N) is 1. The molecule has 0 aliphatic carbocycles. The highest BCUT2D eigenvalue weighted by Crippen LogP contribution is 2.16. The van der Waals surface area contributed by atoms with E-state index < -0.39 is 0 Å². The van der Waals surface area contributed by atoms with Gasteiger partial charge in [-0.05, 0) is 45.1 Å². The number of aromatic nitrogens is 1. The Labute approximate surface area is 103 Å². The lowest BCUT2D eigenvalue weighted by Crippen LogP contribution is -2.44. The molecule has 2 N–H and O–H groups in total. The van der Waals surface area contributed by atoms with E-state index in [9.17, 15) is 0 Å². The fourth-order valence-electron chi connectivity index (χ4n) is 2.38. The number of piperidine rings is 1.